The van der Waals surface area contributed by atoms with E-state index in [4.69, 9.17) is 0 Å². The van der Waals surface area contributed by atoms with E-state index in [1.54, 1.807) is 4.31 Å². The van der Waals surface area contributed by atoms with Gasteiger partial charge in [-0.3, -0.25) is 0 Å². The first-order valence-electron chi connectivity index (χ1n) is 5.68. The molecular weight excluding hydrogens is 210 g/mol. The van der Waals surface area contributed by atoms with E-state index >= 15 is 0 Å². The van der Waals surface area contributed by atoms with Crippen molar-refractivity contribution in [2.45, 2.75) is 40.5 Å². The predicted octanol–water partition coefficient (Wildman–Crippen LogP) is 2.34. The minimum absolute atomic E-state index is 0.549. The summed E-state index contributed by atoms with van der Waals surface area (Å²) in [5.41, 5.74) is 0. The van der Waals surface area contributed by atoms with E-state index in [1.165, 1.54) is 6.26 Å². The zero-order valence-electron chi connectivity index (χ0n) is 10.7. The zero-order valence-corrected chi connectivity index (χ0v) is 11.5. The first-order chi connectivity index (χ1) is 6.73. The number of hydrogen-bond acceptors (Lipinski definition) is 2. The lowest BCUT2D eigenvalue weighted by Crippen LogP contribution is -2.33. The molecule has 0 heterocycles. The van der Waals surface area contributed by atoms with Crippen LogP contribution in [-0.4, -0.2) is 32.1 Å². The van der Waals surface area contributed by atoms with Crippen molar-refractivity contribution in [2.75, 3.05) is 19.3 Å². The minimum Gasteiger partial charge on any atom is -0.213 e. The maximum absolute atomic E-state index is 11.5. The third kappa shape index (κ3) is 7.79. The van der Waals surface area contributed by atoms with E-state index in [0.29, 0.717) is 24.9 Å². The van der Waals surface area contributed by atoms with Gasteiger partial charge in [-0.1, -0.05) is 27.7 Å². The van der Waals surface area contributed by atoms with Crippen LogP contribution in [0.25, 0.3) is 0 Å². The number of nitrogens with zero attached hydrogens (tertiary/aromatic N) is 1. The average Bonchev–Trinajstić information content (AvgIpc) is 2.00. The summed E-state index contributed by atoms with van der Waals surface area (Å²) >= 11 is 0. The molecule has 3 nitrogen and oxygen atoms in total. The summed E-state index contributed by atoms with van der Waals surface area (Å²) in [5.74, 6) is 1.10. The second-order valence-electron chi connectivity index (χ2n) is 5.03. The highest BCUT2D eigenvalue weighted by Gasteiger charge is 2.16. The van der Waals surface area contributed by atoms with E-state index < -0.39 is 10.0 Å². The second kappa shape index (κ2) is 6.48. The first-order valence-corrected chi connectivity index (χ1v) is 7.53. The Labute approximate surface area is 94.9 Å². The second-order valence-corrected chi connectivity index (χ2v) is 7.01. The van der Waals surface area contributed by atoms with Crippen LogP contribution >= 0.6 is 0 Å². The summed E-state index contributed by atoms with van der Waals surface area (Å²) in [6.07, 6.45) is 3.17. The molecule has 0 radical (unpaired) electrons. The van der Waals surface area contributed by atoms with Gasteiger partial charge in [-0.15, -0.1) is 0 Å². The van der Waals surface area contributed by atoms with Gasteiger partial charge in [-0.2, -0.15) is 0 Å². The summed E-state index contributed by atoms with van der Waals surface area (Å²) in [6, 6.07) is 0. The molecule has 0 aliphatic rings. The third-order valence-electron chi connectivity index (χ3n) is 2.38. The molecule has 0 bridgehead atoms. The van der Waals surface area contributed by atoms with Crippen molar-refractivity contribution in [3.63, 3.8) is 0 Å². The Hall–Kier alpha value is -0.0900. The summed E-state index contributed by atoms with van der Waals surface area (Å²) < 4.78 is 24.6. The molecule has 0 aromatic heterocycles. The highest BCUT2D eigenvalue weighted by molar-refractivity contribution is 7.88. The van der Waals surface area contributed by atoms with E-state index in [-0.39, 0.29) is 0 Å². The number of hydrogen-bond donors (Lipinski definition) is 0. The lowest BCUT2D eigenvalue weighted by atomic mass is 10.1. The Morgan fingerprint density at radius 3 is 1.47 bits per heavy atom. The molecule has 0 aromatic rings. The van der Waals surface area contributed by atoms with Gasteiger partial charge in [0.05, 0.1) is 6.26 Å². The van der Waals surface area contributed by atoms with Crippen LogP contribution in [0.4, 0.5) is 0 Å². The summed E-state index contributed by atoms with van der Waals surface area (Å²) in [6.45, 7) is 9.77. The molecule has 4 heteroatoms. The van der Waals surface area contributed by atoms with Crippen molar-refractivity contribution in [2.24, 2.45) is 11.8 Å². The summed E-state index contributed by atoms with van der Waals surface area (Å²) in [7, 11) is -3.02. The Morgan fingerprint density at radius 2 is 1.27 bits per heavy atom. The van der Waals surface area contributed by atoms with Crippen molar-refractivity contribution < 1.29 is 8.42 Å². The van der Waals surface area contributed by atoms with Crippen LogP contribution in [0.1, 0.15) is 40.5 Å². The molecule has 0 aromatic carbocycles. The van der Waals surface area contributed by atoms with Gasteiger partial charge in [0.25, 0.3) is 0 Å². The van der Waals surface area contributed by atoms with Gasteiger partial charge < -0.3 is 0 Å². The van der Waals surface area contributed by atoms with Gasteiger partial charge >= 0.3 is 0 Å². The van der Waals surface area contributed by atoms with E-state index in [0.717, 1.165) is 12.8 Å². The van der Waals surface area contributed by atoms with Crippen molar-refractivity contribution >= 4 is 10.0 Å². The molecule has 15 heavy (non-hydrogen) atoms. The van der Waals surface area contributed by atoms with Crippen LogP contribution in [0.5, 0.6) is 0 Å². The van der Waals surface area contributed by atoms with Crippen molar-refractivity contribution in [3.8, 4) is 0 Å². The Morgan fingerprint density at radius 1 is 0.933 bits per heavy atom. The predicted molar refractivity (Wildman–Crippen MR) is 65.3 cm³/mol. The lowest BCUT2D eigenvalue weighted by Gasteiger charge is -2.21. The topological polar surface area (TPSA) is 37.4 Å². The zero-order chi connectivity index (χ0) is 12.1. The van der Waals surface area contributed by atoms with Crippen LogP contribution in [0, 0.1) is 11.8 Å². The first kappa shape index (κ1) is 14.9. The molecule has 0 saturated carbocycles. The molecule has 0 amide bonds. The molecule has 92 valence electrons. The molecular formula is C11H25NO2S. The number of rotatable bonds is 7. The normalized spacial score (nSPS) is 13.1. The molecule has 0 aliphatic carbocycles. The lowest BCUT2D eigenvalue weighted by molar-refractivity contribution is 0.359. The molecule has 0 spiro atoms. The molecule has 0 saturated heterocycles. The van der Waals surface area contributed by atoms with Gasteiger partial charge in [-0.05, 0) is 24.7 Å². The maximum Gasteiger partial charge on any atom is 0.211 e. The van der Waals surface area contributed by atoms with Crippen LogP contribution in [-0.2, 0) is 10.0 Å². The smallest absolute Gasteiger partial charge is 0.211 e. The van der Waals surface area contributed by atoms with Gasteiger partial charge in [0.2, 0.25) is 10.0 Å². The van der Waals surface area contributed by atoms with E-state index in [2.05, 4.69) is 27.7 Å². The average molecular weight is 235 g/mol. The number of sulfonamides is 1. The third-order valence-corrected chi connectivity index (χ3v) is 3.68. The summed E-state index contributed by atoms with van der Waals surface area (Å²) in [5, 5.41) is 0. The monoisotopic (exact) mass is 235 g/mol. The SMILES string of the molecule is CC(C)CCN(CCC(C)C)S(C)(=O)=O. The molecule has 0 unspecified atom stereocenters. The fraction of sp³-hybridized carbons (Fsp3) is 1.00. The van der Waals surface area contributed by atoms with E-state index in [9.17, 15) is 8.42 Å². The van der Waals surface area contributed by atoms with E-state index in [1.807, 2.05) is 0 Å². The van der Waals surface area contributed by atoms with Gasteiger partial charge in [0.1, 0.15) is 0 Å². The van der Waals surface area contributed by atoms with Crippen molar-refractivity contribution in [1.82, 2.24) is 4.31 Å². The Bertz CT molecular complexity index is 246. The maximum atomic E-state index is 11.5. The molecule has 0 fully saturated rings. The van der Waals surface area contributed by atoms with Crippen molar-refractivity contribution in [3.05, 3.63) is 0 Å². The minimum atomic E-state index is -3.02. The Balaban J connectivity index is 4.21. The fourth-order valence-electron chi connectivity index (χ4n) is 1.25. The quantitative estimate of drug-likeness (QED) is 0.679. The van der Waals surface area contributed by atoms with Gasteiger partial charge in [-0.25, -0.2) is 12.7 Å². The standard InChI is InChI=1S/C11H25NO2S/c1-10(2)6-8-12(15(5,13)14)9-7-11(3)4/h10-11H,6-9H2,1-5H3. The highest BCUT2D eigenvalue weighted by Crippen LogP contribution is 2.09. The van der Waals surface area contributed by atoms with Gasteiger partial charge in [0.15, 0.2) is 0 Å². The van der Waals surface area contributed by atoms with Gasteiger partial charge in [0, 0.05) is 13.1 Å². The molecule has 0 N–H and O–H groups in total. The van der Waals surface area contributed by atoms with Crippen molar-refractivity contribution in [1.29, 1.82) is 0 Å². The van der Waals surface area contributed by atoms with Crippen LogP contribution in [0.3, 0.4) is 0 Å². The van der Waals surface area contributed by atoms with Crippen LogP contribution in [0.2, 0.25) is 0 Å². The largest absolute Gasteiger partial charge is 0.213 e. The summed E-state index contributed by atoms with van der Waals surface area (Å²) in [4.78, 5) is 0. The fourth-order valence-corrected chi connectivity index (χ4v) is 2.12. The van der Waals surface area contributed by atoms with Crippen LogP contribution < -0.4 is 0 Å². The Kier molecular flexibility index (Phi) is 6.44. The molecule has 0 rings (SSSR count). The highest BCUT2D eigenvalue weighted by atomic mass is 32.2. The molecule has 0 aliphatic heterocycles. The molecule has 0 atom stereocenters. The van der Waals surface area contributed by atoms with Crippen LogP contribution in [0.15, 0.2) is 0 Å².